The minimum absolute atomic E-state index is 0. The van der Waals surface area contributed by atoms with E-state index in [0.717, 1.165) is 0 Å². The SMILES string of the molecule is CNC(C)CNC(=O)CN1C(=O)NC(=O)C1(C)C.Cl. The van der Waals surface area contributed by atoms with Gasteiger partial charge in [-0.3, -0.25) is 14.9 Å². The van der Waals surface area contributed by atoms with E-state index in [2.05, 4.69) is 16.0 Å². The molecule has 19 heavy (non-hydrogen) atoms. The minimum Gasteiger partial charge on any atom is -0.353 e. The van der Waals surface area contributed by atoms with Crippen LogP contribution in [0.25, 0.3) is 0 Å². The molecule has 3 N–H and O–H groups in total. The molecule has 0 radical (unpaired) electrons. The van der Waals surface area contributed by atoms with Gasteiger partial charge in [-0.25, -0.2) is 4.79 Å². The quantitative estimate of drug-likeness (QED) is 0.594. The molecule has 0 saturated carbocycles. The molecule has 7 nitrogen and oxygen atoms in total. The Balaban J connectivity index is 0.00000324. The second-order valence-electron chi connectivity index (χ2n) is 4.90. The third kappa shape index (κ3) is 4.07. The van der Waals surface area contributed by atoms with Crippen molar-refractivity contribution in [1.82, 2.24) is 20.9 Å². The molecule has 0 aliphatic carbocycles. The number of hydrogen-bond donors (Lipinski definition) is 3. The molecule has 0 aromatic heterocycles. The second kappa shape index (κ2) is 6.72. The Labute approximate surface area is 118 Å². The normalized spacial score (nSPS) is 18.6. The zero-order chi connectivity index (χ0) is 13.9. The minimum atomic E-state index is -0.983. The monoisotopic (exact) mass is 292 g/mol. The molecule has 110 valence electrons. The Bertz CT molecular complexity index is 373. The predicted octanol–water partition coefficient (Wildman–Crippen LogP) is -0.537. The van der Waals surface area contributed by atoms with Crippen LogP contribution in [0.1, 0.15) is 20.8 Å². The predicted molar refractivity (Wildman–Crippen MR) is 73.1 cm³/mol. The average Bonchev–Trinajstić information content (AvgIpc) is 2.49. The summed E-state index contributed by atoms with van der Waals surface area (Å²) in [5.41, 5.74) is -0.983. The summed E-state index contributed by atoms with van der Waals surface area (Å²) in [6, 6.07) is -0.377. The van der Waals surface area contributed by atoms with Gasteiger partial charge in [0.05, 0.1) is 0 Å². The van der Waals surface area contributed by atoms with Crippen LogP contribution in [0.5, 0.6) is 0 Å². The van der Waals surface area contributed by atoms with Crippen molar-refractivity contribution in [2.24, 2.45) is 0 Å². The summed E-state index contributed by atoms with van der Waals surface area (Å²) in [4.78, 5) is 35.9. The van der Waals surface area contributed by atoms with E-state index < -0.39 is 11.6 Å². The van der Waals surface area contributed by atoms with Crippen LogP contribution in [-0.2, 0) is 9.59 Å². The molecule has 1 rings (SSSR count). The lowest BCUT2D eigenvalue weighted by Crippen LogP contribution is -2.50. The highest BCUT2D eigenvalue weighted by Crippen LogP contribution is 2.19. The van der Waals surface area contributed by atoms with Gasteiger partial charge in [-0.1, -0.05) is 0 Å². The van der Waals surface area contributed by atoms with Crippen molar-refractivity contribution in [3.63, 3.8) is 0 Å². The molecule has 0 aromatic carbocycles. The van der Waals surface area contributed by atoms with Crippen molar-refractivity contribution < 1.29 is 14.4 Å². The molecule has 1 aliphatic heterocycles. The van der Waals surface area contributed by atoms with E-state index in [1.54, 1.807) is 20.9 Å². The van der Waals surface area contributed by atoms with E-state index in [0.29, 0.717) is 6.54 Å². The first-order chi connectivity index (χ1) is 8.28. The van der Waals surface area contributed by atoms with E-state index in [9.17, 15) is 14.4 Å². The third-order valence-corrected chi connectivity index (χ3v) is 3.10. The Kier molecular flexibility index (Phi) is 6.24. The second-order valence-corrected chi connectivity index (χ2v) is 4.90. The average molecular weight is 293 g/mol. The molecule has 1 fully saturated rings. The maximum absolute atomic E-state index is 11.7. The molecule has 1 atom stereocenters. The van der Waals surface area contributed by atoms with Crippen molar-refractivity contribution in [2.45, 2.75) is 32.4 Å². The van der Waals surface area contributed by atoms with Crippen LogP contribution in [0.15, 0.2) is 0 Å². The highest BCUT2D eigenvalue weighted by atomic mass is 35.5. The Hall–Kier alpha value is -1.34. The maximum atomic E-state index is 11.7. The van der Waals surface area contributed by atoms with Crippen LogP contribution >= 0.6 is 12.4 Å². The zero-order valence-electron chi connectivity index (χ0n) is 11.6. The lowest BCUT2D eigenvalue weighted by Gasteiger charge is -2.27. The van der Waals surface area contributed by atoms with Crippen molar-refractivity contribution in [2.75, 3.05) is 20.1 Å². The van der Waals surface area contributed by atoms with Crippen LogP contribution in [-0.4, -0.2) is 54.5 Å². The van der Waals surface area contributed by atoms with Crippen molar-refractivity contribution >= 4 is 30.3 Å². The van der Waals surface area contributed by atoms with Gasteiger partial charge in [0.1, 0.15) is 12.1 Å². The highest BCUT2D eigenvalue weighted by molar-refractivity contribution is 6.07. The summed E-state index contributed by atoms with van der Waals surface area (Å²) in [6.07, 6.45) is 0. The van der Waals surface area contributed by atoms with Gasteiger partial charge in [0.15, 0.2) is 0 Å². The van der Waals surface area contributed by atoms with Gasteiger partial charge in [0.2, 0.25) is 5.91 Å². The fourth-order valence-corrected chi connectivity index (χ4v) is 1.53. The van der Waals surface area contributed by atoms with Gasteiger partial charge in [0.25, 0.3) is 5.91 Å². The summed E-state index contributed by atoms with van der Waals surface area (Å²) in [5.74, 6) is -0.668. The number of rotatable bonds is 5. The standard InChI is InChI=1S/C11H20N4O3.ClH/c1-7(12-4)5-13-8(16)6-15-10(18)14-9(17)11(15,2)3;/h7,12H,5-6H2,1-4H3,(H,13,16)(H,14,17,18);1H. The molecule has 1 heterocycles. The molecule has 0 spiro atoms. The highest BCUT2D eigenvalue weighted by Gasteiger charge is 2.46. The molecule has 0 aromatic rings. The van der Waals surface area contributed by atoms with E-state index in [1.165, 1.54) is 4.90 Å². The molecule has 1 unspecified atom stereocenters. The molecular weight excluding hydrogens is 272 g/mol. The third-order valence-electron chi connectivity index (χ3n) is 3.10. The van der Waals surface area contributed by atoms with E-state index >= 15 is 0 Å². The van der Waals surface area contributed by atoms with Crippen LogP contribution in [0.2, 0.25) is 0 Å². The van der Waals surface area contributed by atoms with Crippen LogP contribution in [0.3, 0.4) is 0 Å². The van der Waals surface area contributed by atoms with Crippen LogP contribution in [0, 0.1) is 0 Å². The van der Waals surface area contributed by atoms with Gasteiger partial charge < -0.3 is 15.5 Å². The van der Waals surface area contributed by atoms with Gasteiger partial charge in [0, 0.05) is 12.6 Å². The summed E-state index contributed by atoms with van der Waals surface area (Å²) in [5, 5.41) is 7.88. The van der Waals surface area contributed by atoms with Gasteiger partial charge in [-0.15, -0.1) is 12.4 Å². The largest absolute Gasteiger partial charge is 0.353 e. The number of urea groups is 1. The summed E-state index contributed by atoms with van der Waals surface area (Å²) >= 11 is 0. The number of carbonyl (C=O) groups is 3. The Morgan fingerprint density at radius 3 is 2.42 bits per heavy atom. The molecular formula is C11H21ClN4O3. The van der Waals surface area contributed by atoms with Gasteiger partial charge in [-0.2, -0.15) is 0 Å². The molecule has 0 bridgehead atoms. The number of carbonyl (C=O) groups excluding carboxylic acids is 3. The number of halogens is 1. The van der Waals surface area contributed by atoms with Gasteiger partial charge in [-0.05, 0) is 27.8 Å². The zero-order valence-corrected chi connectivity index (χ0v) is 12.4. The molecule has 1 aliphatic rings. The lowest BCUT2D eigenvalue weighted by molar-refractivity contribution is -0.127. The summed E-state index contributed by atoms with van der Waals surface area (Å²) < 4.78 is 0. The first-order valence-corrected chi connectivity index (χ1v) is 5.86. The molecule has 1 saturated heterocycles. The number of hydrogen-bond acceptors (Lipinski definition) is 4. The Morgan fingerprint density at radius 1 is 1.42 bits per heavy atom. The molecule has 8 heteroatoms. The first-order valence-electron chi connectivity index (χ1n) is 5.86. The first kappa shape index (κ1) is 17.7. The lowest BCUT2D eigenvalue weighted by atomic mass is 10.0. The fraction of sp³-hybridized carbons (Fsp3) is 0.727. The van der Waals surface area contributed by atoms with E-state index in [4.69, 9.17) is 0 Å². The van der Waals surface area contributed by atoms with Crippen molar-refractivity contribution in [3.8, 4) is 0 Å². The number of nitrogens with zero attached hydrogens (tertiary/aromatic N) is 1. The summed E-state index contributed by atoms with van der Waals surface area (Å²) in [7, 11) is 1.80. The number of nitrogens with one attached hydrogen (secondary N) is 3. The fourth-order valence-electron chi connectivity index (χ4n) is 1.53. The number of imide groups is 1. The maximum Gasteiger partial charge on any atom is 0.325 e. The number of likely N-dealkylation sites (N-methyl/N-ethyl adjacent to an activating group) is 1. The van der Waals surface area contributed by atoms with Crippen molar-refractivity contribution in [1.29, 1.82) is 0 Å². The number of amides is 4. The summed E-state index contributed by atoms with van der Waals surface area (Å²) in [6.45, 7) is 5.49. The topological polar surface area (TPSA) is 90.5 Å². The van der Waals surface area contributed by atoms with E-state index in [-0.39, 0.29) is 36.8 Å². The molecule has 4 amide bonds. The van der Waals surface area contributed by atoms with Crippen molar-refractivity contribution in [3.05, 3.63) is 0 Å². The van der Waals surface area contributed by atoms with Crippen LogP contribution < -0.4 is 16.0 Å². The van der Waals surface area contributed by atoms with Crippen LogP contribution in [0.4, 0.5) is 4.79 Å². The Morgan fingerprint density at radius 2 is 2.00 bits per heavy atom. The smallest absolute Gasteiger partial charge is 0.325 e. The van der Waals surface area contributed by atoms with E-state index in [1.807, 2.05) is 6.92 Å². The van der Waals surface area contributed by atoms with Gasteiger partial charge >= 0.3 is 6.03 Å².